The van der Waals surface area contributed by atoms with Crippen LogP contribution in [-0.4, -0.2) is 14.1 Å². The summed E-state index contributed by atoms with van der Waals surface area (Å²) in [5.74, 6) is 2.85. The molecule has 5 nitrogen and oxygen atoms in total. The molecule has 0 atom stereocenters. The van der Waals surface area contributed by atoms with Crippen molar-refractivity contribution in [2.45, 2.75) is 32.6 Å². The van der Waals surface area contributed by atoms with Gasteiger partial charge in [0.15, 0.2) is 0 Å². The molecule has 0 saturated carbocycles. The van der Waals surface area contributed by atoms with E-state index in [1.165, 1.54) is 22.1 Å². The predicted molar refractivity (Wildman–Crippen MR) is 262 cm³/mol. The van der Waals surface area contributed by atoms with Gasteiger partial charge in [-0.05, 0) is 112 Å². The highest BCUT2D eigenvalue weighted by Crippen LogP contribution is 2.39. The number of nitrogens with zero attached hydrogens (tertiary/aromatic N) is 4. The second-order valence-electron chi connectivity index (χ2n) is 16.4. The summed E-state index contributed by atoms with van der Waals surface area (Å²) in [6.45, 7) is 4.53. The van der Waals surface area contributed by atoms with Gasteiger partial charge in [0.2, 0.25) is 0 Å². The van der Waals surface area contributed by atoms with E-state index < -0.39 is 0 Å². The van der Waals surface area contributed by atoms with Crippen molar-refractivity contribution >= 4 is 32.8 Å². The molecule has 0 unspecified atom stereocenters. The standard InChI is InChI=1S/C59H46N4O/c1-3-41(4-2)46-34-35-60-58(37-46)63-54-33-30-45(42-18-8-5-9-19-42)36-53(54)52-32-31-49(39-57(52)63)64-48-25-16-24-47(38-48)61-40-62(56-29-15-14-28-55(56)61)59-50(43-20-10-6-11-21-43)26-17-27-51(59)44-22-12-7-13-23-44/h5-39,41H,3-4H2,1-2H3. The molecule has 5 heteroatoms. The Balaban J connectivity index is 1.02. The largest absolute Gasteiger partial charge is 0.458 e. The lowest BCUT2D eigenvalue weighted by Crippen LogP contribution is -2.31. The molecule has 0 aliphatic rings. The zero-order valence-electron chi connectivity index (χ0n) is 35.9. The Morgan fingerprint density at radius 1 is 0.516 bits per heavy atom. The van der Waals surface area contributed by atoms with E-state index in [0.29, 0.717) is 5.92 Å². The van der Waals surface area contributed by atoms with Crippen LogP contribution < -0.4 is 9.30 Å². The van der Waals surface area contributed by atoms with Crippen molar-refractivity contribution in [3.63, 3.8) is 0 Å². The van der Waals surface area contributed by atoms with E-state index in [2.05, 4.69) is 234 Å². The summed E-state index contributed by atoms with van der Waals surface area (Å²) in [6.07, 6.45) is 7.92. The van der Waals surface area contributed by atoms with Crippen LogP contribution in [0.25, 0.3) is 83.4 Å². The molecule has 0 spiro atoms. The maximum atomic E-state index is 6.81. The quantitative estimate of drug-likeness (QED) is 0.0962. The number of imidazole rings is 1. The first-order valence-corrected chi connectivity index (χ1v) is 22.2. The van der Waals surface area contributed by atoms with Gasteiger partial charge in [0.25, 0.3) is 6.33 Å². The highest BCUT2D eigenvalue weighted by Gasteiger charge is 2.21. The van der Waals surface area contributed by atoms with Crippen molar-refractivity contribution in [2.24, 2.45) is 0 Å². The van der Waals surface area contributed by atoms with Crippen LogP contribution in [0.4, 0.5) is 0 Å². The third kappa shape index (κ3) is 7.01. The number of benzene rings is 8. The predicted octanol–water partition coefficient (Wildman–Crippen LogP) is 14.9. The Hall–Kier alpha value is -8.02. The van der Waals surface area contributed by atoms with Crippen LogP contribution in [0.2, 0.25) is 0 Å². The number of pyridine rings is 1. The summed E-state index contributed by atoms with van der Waals surface area (Å²) < 4.78 is 13.5. The first-order valence-electron chi connectivity index (χ1n) is 22.2. The molecule has 0 N–H and O–H groups in total. The van der Waals surface area contributed by atoms with E-state index in [1.54, 1.807) is 0 Å². The lowest BCUT2D eigenvalue weighted by molar-refractivity contribution is -0.571. The Morgan fingerprint density at radius 2 is 1.17 bits per heavy atom. The first-order chi connectivity index (χ1) is 31.6. The third-order valence-electron chi connectivity index (χ3n) is 12.6. The van der Waals surface area contributed by atoms with E-state index in [1.807, 2.05) is 12.3 Å². The fourth-order valence-electron chi connectivity index (χ4n) is 9.42. The minimum atomic E-state index is 0.472. The van der Waals surface area contributed by atoms with Gasteiger partial charge in [0.05, 0.1) is 33.4 Å². The fraction of sp³-hybridized carbons (Fsp3) is 0.0847. The SMILES string of the molecule is CCC(CC)c1ccnc(-n2c3ccc(-c4ccccc4)cc3c3ccc(Oc4cccc(-n5[c-][n+](-c6c(-c7ccccc7)cccc6-c6ccccc6)c6ccccc65)c4)cc32)c1. The number of fused-ring (bicyclic) bond motifs is 4. The van der Waals surface area contributed by atoms with Gasteiger partial charge in [-0.25, -0.2) is 4.98 Å². The van der Waals surface area contributed by atoms with Crippen LogP contribution in [0.5, 0.6) is 11.5 Å². The second-order valence-corrected chi connectivity index (χ2v) is 16.4. The van der Waals surface area contributed by atoms with Crippen LogP contribution in [0.3, 0.4) is 0 Å². The molecule has 0 aliphatic heterocycles. The zero-order chi connectivity index (χ0) is 43.0. The molecule has 11 aromatic rings. The van der Waals surface area contributed by atoms with Crippen molar-refractivity contribution < 1.29 is 9.30 Å². The molecular weight excluding hydrogens is 781 g/mol. The van der Waals surface area contributed by atoms with Gasteiger partial charge in [0.1, 0.15) is 17.3 Å². The van der Waals surface area contributed by atoms with Gasteiger partial charge in [-0.15, -0.1) is 0 Å². The number of rotatable bonds is 11. The Kier molecular flexibility index (Phi) is 10.1. The Labute approximate surface area is 373 Å². The van der Waals surface area contributed by atoms with E-state index in [4.69, 9.17) is 9.72 Å². The number of aromatic nitrogens is 4. The number of hydrogen-bond donors (Lipinski definition) is 0. The van der Waals surface area contributed by atoms with Gasteiger partial charge in [0, 0.05) is 23.0 Å². The van der Waals surface area contributed by atoms with Crippen molar-refractivity contribution in [1.82, 2.24) is 14.1 Å². The van der Waals surface area contributed by atoms with Crippen LogP contribution in [0.1, 0.15) is 38.2 Å². The molecule has 0 aliphatic carbocycles. The summed E-state index contributed by atoms with van der Waals surface area (Å²) in [5, 5.41) is 2.32. The Morgan fingerprint density at radius 3 is 1.89 bits per heavy atom. The molecule has 11 rings (SSSR count). The van der Waals surface area contributed by atoms with Crippen LogP contribution in [-0.2, 0) is 0 Å². The highest BCUT2D eigenvalue weighted by atomic mass is 16.5. The van der Waals surface area contributed by atoms with Gasteiger partial charge in [-0.3, -0.25) is 13.7 Å². The van der Waals surface area contributed by atoms with Crippen molar-refractivity contribution in [2.75, 3.05) is 0 Å². The number of hydrogen-bond acceptors (Lipinski definition) is 2. The van der Waals surface area contributed by atoms with Crippen molar-refractivity contribution in [1.29, 1.82) is 0 Å². The van der Waals surface area contributed by atoms with Crippen LogP contribution in [0, 0.1) is 6.33 Å². The summed E-state index contributed by atoms with van der Waals surface area (Å²) in [6, 6.07) is 72.8. The van der Waals surface area contributed by atoms with Gasteiger partial charge >= 0.3 is 0 Å². The van der Waals surface area contributed by atoms with Gasteiger partial charge in [-0.1, -0.05) is 159 Å². The molecule has 8 aromatic carbocycles. The smallest absolute Gasteiger partial charge is 0.269 e. The third-order valence-corrected chi connectivity index (χ3v) is 12.6. The van der Waals surface area contributed by atoms with Crippen molar-refractivity contribution in [3.8, 4) is 62.1 Å². The minimum Gasteiger partial charge on any atom is -0.458 e. The van der Waals surface area contributed by atoms with Gasteiger partial charge in [-0.2, -0.15) is 0 Å². The van der Waals surface area contributed by atoms with Crippen molar-refractivity contribution in [3.05, 3.63) is 224 Å². The van der Waals surface area contributed by atoms with Crippen LogP contribution >= 0.6 is 0 Å². The highest BCUT2D eigenvalue weighted by molar-refractivity contribution is 6.10. The zero-order valence-corrected chi connectivity index (χ0v) is 35.9. The van der Waals surface area contributed by atoms with E-state index in [-0.39, 0.29) is 0 Å². The molecule has 0 bridgehead atoms. The summed E-state index contributed by atoms with van der Waals surface area (Å²) in [5.41, 5.74) is 14.5. The maximum absolute atomic E-state index is 6.81. The molecule has 308 valence electrons. The number of para-hydroxylation sites is 3. The molecule has 0 radical (unpaired) electrons. The Bertz CT molecular complexity index is 3380. The minimum absolute atomic E-state index is 0.472. The normalized spacial score (nSPS) is 11.5. The molecule has 3 heterocycles. The molecule has 0 amide bonds. The lowest BCUT2D eigenvalue weighted by atomic mass is 9.95. The second kappa shape index (κ2) is 16.7. The molecule has 0 saturated heterocycles. The molecular formula is C59H46N4O. The fourth-order valence-corrected chi connectivity index (χ4v) is 9.42. The average molecular weight is 827 g/mol. The van der Waals surface area contributed by atoms with E-state index in [0.717, 1.165) is 91.2 Å². The average Bonchev–Trinajstić information content (AvgIpc) is 3.91. The molecule has 3 aromatic heterocycles. The molecule has 0 fully saturated rings. The lowest BCUT2D eigenvalue weighted by Gasteiger charge is -2.17. The van der Waals surface area contributed by atoms with Gasteiger partial charge < -0.3 is 4.74 Å². The summed E-state index contributed by atoms with van der Waals surface area (Å²) >= 11 is 0. The topological polar surface area (TPSA) is 35.9 Å². The number of ether oxygens (including phenoxy) is 1. The summed E-state index contributed by atoms with van der Waals surface area (Å²) in [4.78, 5) is 4.98. The maximum Gasteiger partial charge on any atom is 0.269 e. The monoisotopic (exact) mass is 826 g/mol. The van der Waals surface area contributed by atoms with Crippen LogP contribution in [0.15, 0.2) is 212 Å². The summed E-state index contributed by atoms with van der Waals surface area (Å²) in [7, 11) is 0. The van der Waals surface area contributed by atoms with E-state index in [9.17, 15) is 0 Å². The first kappa shape index (κ1) is 38.9. The van der Waals surface area contributed by atoms with E-state index >= 15 is 0 Å². The molecule has 64 heavy (non-hydrogen) atoms.